The van der Waals surface area contributed by atoms with E-state index in [0.717, 1.165) is 19.7 Å². The number of nitrogens with zero attached hydrogens (tertiary/aromatic N) is 2. The molecular formula is C28H31FIN3O4S. The molecule has 0 aliphatic heterocycles. The number of rotatable bonds is 11. The Morgan fingerprint density at radius 2 is 1.53 bits per heavy atom. The van der Waals surface area contributed by atoms with E-state index in [1.807, 2.05) is 44.2 Å². The molecule has 1 N–H and O–H groups in total. The van der Waals surface area contributed by atoms with Crippen LogP contribution in [0.3, 0.4) is 0 Å². The summed E-state index contributed by atoms with van der Waals surface area (Å²) in [6.07, 6.45) is 1.25. The average Bonchev–Trinajstić information content (AvgIpc) is 2.86. The second-order valence-electron chi connectivity index (χ2n) is 9.26. The molecule has 0 saturated heterocycles. The third kappa shape index (κ3) is 8.52. The van der Waals surface area contributed by atoms with Crippen molar-refractivity contribution >= 4 is 50.1 Å². The highest BCUT2D eigenvalue weighted by Gasteiger charge is 2.33. The Labute approximate surface area is 237 Å². The van der Waals surface area contributed by atoms with Crippen molar-refractivity contribution in [2.24, 2.45) is 0 Å². The van der Waals surface area contributed by atoms with Crippen molar-refractivity contribution in [3.05, 3.63) is 99.4 Å². The molecule has 3 aromatic carbocycles. The van der Waals surface area contributed by atoms with Crippen LogP contribution in [0.2, 0.25) is 0 Å². The largest absolute Gasteiger partial charge is 0.352 e. The summed E-state index contributed by atoms with van der Waals surface area (Å²) < 4.78 is 41.0. The maximum Gasteiger partial charge on any atom is 0.244 e. The van der Waals surface area contributed by atoms with E-state index in [1.54, 1.807) is 36.4 Å². The number of halogens is 2. The zero-order valence-corrected chi connectivity index (χ0v) is 24.4. The lowest BCUT2D eigenvalue weighted by molar-refractivity contribution is -0.140. The Kier molecular flexibility index (Phi) is 10.3. The molecule has 202 valence electrons. The first kappa shape index (κ1) is 29.6. The van der Waals surface area contributed by atoms with Gasteiger partial charge in [-0.2, -0.15) is 0 Å². The minimum Gasteiger partial charge on any atom is -0.352 e. The van der Waals surface area contributed by atoms with Crippen molar-refractivity contribution in [2.75, 3.05) is 17.1 Å². The molecule has 0 heterocycles. The van der Waals surface area contributed by atoms with Crippen LogP contribution < -0.4 is 9.62 Å². The van der Waals surface area contributed by atoms with Crippen LogP contribution in [0.1, 0.15) is 25.0 Å². The third-order valence-electron chi connectivity index (χ3n) is 5.76. The number of hydrogen-bond donors (Lipinski definition) is 1. The van der Waals surface area contributed by atoms with Crippen molar-refractivity contribution in [2.45, 2.75) is 38.9 Å². The molecule has 0 fully saturated rings. The lowest BCUT2D eigenvalue weighted by atomic mass is 10.0. The quantitative estimate of drug-likeness (QED) is 0.313. The predicted octanol–water partition coefficient (Wildman–Crippen LogP) is 4.36. The van der Waals surface area contributed by atoms with Crippen LogP contribution in [0.5, 0.6) is 0 Å². The topological polar surface area (TPSA) is 86.8 Å². The summed E-state index contributed by atoms with van der Waals surface area (Å²) in [6.45, 7) is 3.14. The highest BCUT2D eigenvalue weighted by atomic mass is 127. The minimum atomic E-state index is -3.83. The summed E-state index contributed by atoms with van der Waals surface area (Å²) in [7, 11) is -3.83. The van der Waals surface area contributed by atoms with Gasteiger partial charge in [0.25, 0.3) is 0 Å². The molecule has 0 spiro atoms. The van der Waals surface area contributed by atoms with E-state index >= 15 is 0 Å². The van der Waals surface area contributed by atoms with Gasteiger partial charge < -0.3 is 10.2 Å². The molecule has 0 bridgehead atoms. The number of anilines is 1. The molecule has 3 aromatic rings. The van der Waals surface area contributed by atoms with Gasteiger partial charge in [-0.05, 0) is 84.0 Å². The summed E-state index contributed by atoms with van der Waals surface area (Å²) >= 11 is 2.11. The van der Waals surface area contributed by atoms with Gasteiger partial charge in [-0.15, -0.1) is 0 Å². The lowest BCUT2D eigenvalue weighted by Crippen LogP contribution is -2.54. The van der Waals surface area contributed by atoms with E-state index in [2.05, 4.69) is 27.9 Å². The monoisotopic (exact) mass is 651 g/mol. The zero-order chi connectivity index (χ0) is 27.9. The summed E-state index contributed by atoms with van der Waals surface area (Å²) in [5, 5.41) is 2.89. The molecule has 0 aliphatic rings. The van der Waals surface area contributed by atoms with Crippen LogP contribution in [0, 0.1) is 9.39 Å². The van der Waals surface area contributed by atoms with Gasteiger partial charge in [0.2, 0.25) is 21.8 Å². The standard InChI is InChI=1S/C28H31FIN3O4S/c1-20(2)31-28(35)26(17-21-7-5-4-6-8-21)32(18-22-9-11-23(29)12-10-22)27(34)19-33(38(3,36)37)25-15-13-24(30)14-16-25/h4-16,20,26H,17-19H2,1-3H3,(H,31,35)/t26-/m0/s1. The fourth-order valence-electron chi connectivity index (χ4n) is 3.94. The van der Waals surface area contributed by atoms with Crippen molar-refractivity contribution < 1.29 is 22.4 Å². The molecule has 1 atom stereocenters. The fourth-order valence-corrected chi connectivity index (χ4v) is 5.15. The van der Waals surface area contributed by atoms with Crippen molar-refractivity contribution in [3.63, 3.8) is 0 Å². The summed E-state index contributed by atoms with van der Waals surface area (Å²) in [4.78, 5) is 28.7. The van der Waals surface area contributed by atoms with Gasteiger partial charge in [-0.3, -0.25) is 13.9 Å². The summed E-state index contributed by atoms with van der Waals surface area (Å²) in [6, 6.07) is 20.6. The van der Waals surface area contributed by atoms with E-state index in [0.29, 0.717) is 11.3 Å². The Morgan fingerprint density at radius 3 is 2.08 bits per heavy atom. The van der Waals surface area contributed by atoms with E-state index < -0.39 is 34.3 Å². The molecule has 0 saturated carbocycles. The maximum atomic E-state index is 13.9. The highest BCUT2D eigenvalue weighted by molar-refractivity contribution is 14.1. The molecule has 0 aliphatic carbocycles. The molecular weight excluding hydrogens is 620 g/mol. The first-order valence-corrected chi connectivity index (χ1v) is 15.0. The number of benzene rings is 3. The van der Waals surface area contributed by atoms with E-state index in [4.69, 9.17) is 0 Å². The number of amides is 2. The molecule has 0 aromatic heterocycles. The predicted molar refractivity (Wildman–Crippen MR) is 156 cm³/mol. The van der Waals surface area contributed by atoms with Crippen LogP contribution in [0.4, 0.5) is 10.1 Å². The van der Waals surface area contributed by atoms with E-state index in [9.17, 15) is 22.4 Å². The highest BCUT2D eigenvalue weighted by Crippen LogP contribution is 2.21. The molecule has 0 radical (unpaired) electrons. The number of carbonyl (C=O) groups excluding carboxylic acids is 2. The average molecular weight is 652 g/mol. The molecule has 38 heavy (non-hydrogen) atoms. The zero-order valence-electron chi connectivity index (χ0n) is 21.5. The molecule has 7 nitrogen and oxygen atoms in total. The van der Waals surface area contributed by atoms with E-state index in [-0.39, 0.29) is 24.9 Å². The first-order chi connectivity index (χ1) is 17.9. The Balaban J connectivity index is 2.04. The van der Waals surface area contributed by atoms with Crippen LogP contribution in [0.25, 0.3) is 0 Å². The SMILES string of the molecule is CC(C)NC(=O)[C@H](Cc1ccccc1)N(Cc1ccc(F)cc1)C(=O)CN(c1ccc(I)cc1)S(C)(=O)=O. The van der Waals surface area contributed by atoms with Gasteiger partial charge in [0.1, 0.15) is 18.4 Å². The lowest BCUT2D eigenvalue weighted by Gasteiger charge is -2.34. The first-order valence-electron chi connectivity index (χ1n) is 12.1. The number of sulfonamides is 1. The second-order valence-corrected chi connectivity index (χ2v) is 12.4. The van der Waals surface area contributed by atoms with Gasteiger partial charge in [-0.1, -0.05) is 42.5 Å². The smallest absolute Gasteiger partial charge is 0.244 e. The number of carbonyl (C=O) groups is 2. The van der Waals surface area contributed by atoms with Crippen LogP contribution in [-0.2, 0) is 32.6 Å². The third-order valence-corrected chi connectivity index (χ3v) is 7.62. The van der Waals surface area contributed by atoms with Gasteiger partial charge >= 0.3 is 0 Å². The number of nitrogens with one attached hydrogen (secondary N) is 1. The maximum absolute atomic E-state index is 13.9. The van der Waals surface area contributed by atoms with Crippen LogP contribution >= 0.6 is 22.6 Å². The van der Waals surface area contributed by atoms with Crippen molar-refractivity contribution in [3.8, 4) is 0 Å². The second kappa shape index (κ2) is 13.2. The summed E-state index contributed by atoms with van der Waals surface area (Å²) in [5.41, 5.74) is 1.79. The Bertz CT molecular complexity index is 1330. The Hall–Kier alpha value is -2.99. The van der Waals surface area contributed by atoms with Crippen LogP contribution in [-0.4, -0.2) is 50.0 Å². The van der Waals surface area contributed by atoms with E-state index in [1.165, 1.54) is 17.0 Å². The molecule has 10 heteroatoms. The Morgan fingerprint density at radius 1 is 0.921 bits per heavy atom. The summed E-state index contributed by atoms with van der Waals surface area (Å²) in [5.74, 6) is -1.34. The molecule has 0 unspecified atom stereocenters. The van der Waals surface area contributed by atoms with Gasteiger partial charge in [0, 0.05) is 22.6 Å². The van der Waals surface area contributed by atoms with Crippen LogP contribution in [0.15, 0.2) is 78.9 Å². The molecule has 2 amide bonds. The number of hydrogen-bond acceptors (Lipinski definition) is 4. The van der Waals surface area contributed by atoms with Gasteiger partial charge in [0.05, 0.1) is 11.9 Å². The van der Waals surface area contributed by atoms with Crippen molar-refractivity contribution in [1.82, 2.24) is 10.2 Å². The van der Waals surface area contributed by atoms with Crippen molar-refractivity contribution in [1.29, 1.82) is 0 Å². The van der Waals surface area contributed by atoms with Gasteiger partial charge in [0.15, 0.2) is 0 Å². The normalized spacial score (nSPS) is 12.2. The fraction of sp³-hybridized carbons (Fsp3) is 0.286. The minimum absolute atomic E-state index is 0.00752. The molecule has 3 rings (SSSR count). The van der Waals surface area contributed by atoms with Gasteiger partial charge in [-0.25, -0.2) is 12.8 Å².